The summed E-state index contributed by atoms with van der Waals surface area (Å²) in [7, 11) is 0. The van der Waals surface area contributed by atoms with Crippen LogP contribution in [0.25, 0.3) is 0 Å². The van der Waals surface area contributed by atoms with Crippen LogP contribution in [0.5, 0.6) is 11.5 Å². The highest BCUT2D eigenvalue weighted by Gasteiger charge is 2.26. The fraction of sp³-hybridized carbons (Fsp3) is 0.562. The maximum absolute atomic E-state index is 9.26. The fourth-order valence-electron chi connectivity index (χ4n) is 2.78. The number of ether oxygens (including phenoxy) is 2. The van der Waals surface area contributed by atoms with Crippen molar-refractivity contribution in [2.45, 2.75) is 42.2 Å². The van der Waals surface area contributed by atoms with E-state index in [1.807, 2.05) is 17.8 Å². The fourth-order valence-corrected chi connectivity index (χ4v) is 4.09. The number of hydrogen-bond acceptors (Lipinski definition) is 4. The minimum absolute atomic E-state index is 0.185. The van der Waals surface area contributed by atoms with E-state index in [2.05, 4.69) is 18.2 Å². The summed E-state index contributed by atoms with van der Waals surface area (Å²) in [6, 6.07) is 8.61. The van der Waals surface area contributed by atoms with Gasteiger partial charge >= 0.3 is 0 Å². The normalized spacial score (nSPS) is 25.6. The molecule has 1 aliphatic heterocycles. The highest BCUT2D eigenvalue weighted by atomic mass is 32.2. The molecule has 0 amide bonds. The third-order valence-electron chi connectivity index (χ3n) is 3.87. The van der Waals surface area contributed by atoms with Gasteiger partial charge in [-0.1, -0.05) is 12.8 Å². The number of rotatable bonds is 2. The van der Waals surface area contributed by atoms with Crippen molar-refractivity contribution < 1.29 is 9.47 Å². The maximum atomic E-state index is 9.26. The average Bonchev–Trinajstić information content (AvgIpc) is 2.72. The molecule has 0 spiro atoms. The van der Waals surface area contributed by atoms with Crippen LogP contribution in [0.1, 0.15) is 32.1 Å². The predicted molar refractivity (Wildman–Crippen MR) is 79.3 cm³/mol. The Hall–Kier alpha value is -1.34. The van der Waals surface area contributed by atoms with Crippen LogP contribution in [0.15, 0.2) is 23.1 Å². The molecule has 0 bridgehead atoms. The summed E-state index contributed by atoms with van der Waals surface area (Å²) in [6.45, 7) is 1.43. The molecule has 2 atom stereocenters. The van der Waals surface area contributed by atoms with Gasteiger partial charge in [0.15, 0.2) is 11.5 Å². The van der Waals surface area contributed by atoms with E-state index in [9.17, 15) is 5.26 Å². The van der Waals surface area contributed by atoms with Crippen molar-refractivity contribution >= 4 is 11.8 Å². The zero-order valence-corrected chi connectivity index (χ0v) is 12.3. The van der Waals surface area contributed by atoms with Crippen molar-refractivity contribution in [3.63, 3.8) is 0 Å². The van der Waals surface area contributed by atoms with Crippen LogP contribution in [0.2, 0.25) is 0 Å². The molecule has 1 heterocycles. The van der Waals surface area contributed by atoms with Crippen LogP contribution in [-0.2, 0) is 0 Å². The van der Waals surface area contributed by atoms with Gasteiger partial charge in [-0.2, -0.15) is 5.26 Å². The van der Waals surface area contributed by atoms with Gasteiger partial charge in [-0.15, -0.1) is 11.8 Å². The van der Waals surface area contributed by atoms with E-state index in [1.165, 1.54) is 17.7 Å². The second kappa shape index (κ2) is 6.41. The quantitative estimate of drug-likeness (QED) is 0.824. The molecule has 1 fully saturated rings. The minimum atomic E-state index is 0.185. The largest absolute Gasteiger partial charge is 0.490 e. The molecule has 1 aliphatic carbocycles. The molecule has 2 unspecified atom stereocenters. The number of benzene rings is 1. The van der Waals surface area contributed by atoms with Gasteiger partial charge in [0.25, 0.3) is 0 Å². The number of thioether (sulfide) groups is 1. The van der Waals surface area contributed by atoms with Crippen molar-refractivity contribution in [2.24, 2.45) is 5.92 Å². The molecule has 20 heavy (non-hydrogen) atoms. The monoisotopic (exact) mass is 289 g/mol. The zero-order chi connectivity index (χ0) is 13.8. The summed E-state index contributed by atoms with van der Waals surface area (Å²) in [6.07, 6.45) is 5.53. The van der Waals surface area contributed by atoms with Gasteiger partial charge in [-0.3, -0.25) is 0 Å². The Morgan fingerprint density at radius 3 is 2.70 bits per heavy atom. The predicted octanol–water partition coefficient (Wildman–Crippen LogP) is 4.02. The van der Waals surface area contributed by atoms with Crippen LogP contribution in [0.4, 0.5) is 0 Å². The van der Waals surface area contributed by atoms with E-state index < -0.39 is 0 Å². The van der Waals surface area contributed by atoms with E-state index in [1.54, 1.807) is 0 Å². The van der Waals surface area contributed by atoms with E-state index in [0.717, 1.165) is 37.4 Å². The van der Waals surface area contributed by atoms with Crippen LogP contribution < -0.4 is 9.47 Å². The summed E-state index contributed by atoms with van der Waals surface area (Å²) in [5.74, 6) is 1.87. The van der Waals surface area contributed by atoms with Gasteiger partial charge in [-0.05, 0) is 31.0 Å². The Morgan fingerprint density at radius 1 is 1.05 bits per heavy atom. The van der Waals surface area contributed by atoms with Gasteiger partial charge in [0.1, 0.15) is 0 Å². The topological polar surface area (TPSA) is 42.2 Å². The van der Waals surface area contributed by atoms with E-state index in [-0.39, 0.29) is 5.92 Å². The standard InChI is InChI=1S/C16H19NO2S/c17-11-12-4-1-2-5-16(12)20-13-6-7-14-15(10-13)19-9-3-8-18-14/h6-7,10,12,16H,1-5,8-9H2. The highest BCUT2D eigenvalue weighted by Crippen LogP contribution is 2.40. The molecule has 0 radical (unpaired) electrons. The summed E-state index contributed by atoms with van der Waals surface area (Å²) in [4.78, 5) is 1.18. The molecule has 2 aliphatic rings. The van der Waals surface area contributed by atoms with Crippen molar-refractivity contribution in [1.29, 1.82) is 5.26 Å². The van der Waals surface area contributed by atoms with Gasteiger partial charge in [0.2, 0.25) is 0 Å². The summed E-state index contributed by atoms with van der Waals surface area (Å²) < 4.78 is 11.4. The first kappa shape index (κ1) is 13.6. The van der Waals surface area contributed by atoms with Crippen molar-refractivity contribution in [3.05, 3.63) is 18.2 Å². The van der Waals surface area contributed by atoms with E-state index in [0.29, 0.717) is 11.9 Å². The Kier molecular flexibility index (Phi) is 4.37. The van der Waals surface area contributed by atoms with Gasteiger partial charge in [0, 0.05) is 16.6 Å². The lowest BCUT2D eigenvalue weighted by atomic mass is 9.90. The molecule has 1 aromatic carbocycles. The molecule has 1 saturated carbocycles. The van der Waals surface area contributed by atoms with Gasteiger partial charge in [-0.25, -0.2) is 0 Å². The number of nitriles is 1. The summed E-state index contributed by atoms with van der Waals surface area (Å²) >= 11 is 1.82. The first-order valence-electron chi connectivity index (χ1n) is 7.33. The van der Waals surface area contributed by atoms with E-state index >= 15 is 0 Å². The molecule has 4 heteroatoms. The van der Waals surface area contributed by atoms with Crippen molar-refractivity contribution in [3.8, 4) is 17.6 Å². The maximum Gasteiger partial charge on any atom is 0.162 e. The molecular formula is C16H19NO2S. The zero-order valence-electron chi connectivity index (χ0n) is 11.5. The third kappa shape index (κ3) is 3.04. The first-order valence-corrected chi connectivity index (χ1v) is 8.21. The van der Waals surface area contributed by atoms with Crippen LogP contribution >= 0.6 is 11.8 Å². The molecule has 3 nitrogen and oxygen atoms in total. The third-order valence-corrected chi connectivity index (χ3v) is 5.27. The number of hydrogen-bond donors (Lipinski definition) is 0. The Morgan fingerprint density at radius 2 is 1.85 bits per heavy atom. The second-order valence-corrected chi connectivity index (χ2v) is 6.65. The first-order chi connectivity index (χ1) is 9.86. The molecule has 0 saturated heterocycles. The Balaban J connectivity index is 1.74. The van der Waals surface area contributed by atoms with Crippen LogP contribution in [0, 0.1) is 17.2 Å². The lowest BCUT2D eigenvalue weighted by Gasteiger charge is -2.26. The molecule has 0 N–H and O–H groups in total. The van der Waals surface area contributed by atoms with Crippen molar-refractivity contribution in [2.75, 3.05) is 13.2 Å². The molecule has 106 valence electrons. The minimum Gasteiger partial charge on any atom is -0.490 e. The van der Waals surface area contributed by atoms with Gasteiger partial charge < -0.3 is 9.47 Å². The SMILES string of the molecule is N#CC1CCCCC1Sc1ccc2c(c1)OCCCO2. The molecule has 3 rings (SSSR count). The van der Waals surface area contributed by atoms with Crippen LogP contribution in [-0.4, -0.2) is 18.5 Å². The van der Waals surface area contributed by atoms with Gasteiger partial charge in [0.05, 0.1) is 25.2 Å². The highest BCUT2D eigenvalue weighted by molar-refractivity contribution is 8.00. The Labute approximate surface area is 124 Å². The average molecular weight is 289 g/mol. The smallest absolute Gasteiger partial charge is 0.162 e. The number of fused-ring (bicyclic) bond motifs is 1. The molecule has 1 aromatic rings. The van der Waals surface area contributed by atoms with Crippen LogP contribution in [0.3, 0.4) is 0 Å². The van der Waals surface area contributed by atoms with E-state index in [4.69, 9.17) is 9.47 Å². The molecule has 0 aromatic heterocycles. The summed E-state index contributed by atoms with van der Waals surface area (Å²) in [5.41, 5.74) is 0. The lowest BCUT2D eigenvalue weighted by Crippen LogP contribution is -2.20. The number of nitrogens with zero attached hydrogens (tertiary/aromatic N) is 1. The second-order valence-electron chi connectivity index (χ2n) is 5.34. The Bertz CT molecular complexity index is 512. The molecular weight excluding hydrogens is 270 g/mol. The lowest BCUT2D eigenvalue weighted by molar-refractivity contribution is 0.297. The summed E-state index contributed by atoms with van der Waals surface area (Å²) in [5, 5.41) is 9.68. The van der Waals surface area contributed by atoms with Crippen molar-refractivity contribution in [1.82, 2.24) is 0 Å².